The SMILES string of the molecule is Cc1cc(=O)oc(C)c1C(=O)NCc1ccco1. The molecule has 1 amide bonds. The molecule has 18 heavy (non-hydrogen) atoms. The molecule has 0 atom stereocenters. The Morgan fingerprint density at radius 3 is 2.78 bits per heavy atom. The molecule has 0 aliphatic rings. The van der Waals surface area contributed by atoms with Crippen LogP contribution in [0.1, 0.15) is 27.4 Å². The van der Waals surface area contributed by atoms with Crippen molar-refractivity contribution >= 4 is 5.91 Å². The van der Waals surface area contributed by atoms with Gasteiger partial charge in [0, 0.05) is 6.07 Å². The lowest BCUT2D eigenvalue weighted by Crippen LogP contribution is -2.25. The van der Waals surface area contributed by atoms with E-state index < -0.39 is 5.63 Å². The molecule has 94 valence electrons. The lowest BCUT2D eigenvalue weighted by atomic mass is 10.1. The third-order valence-corrected chi connectivity index (χ3v) is 2.56. The van der Waals surface area contributed by atoms with E-state index >= 15 is 0 Å². The summed E-state index contributed by atoms with van der Waals surface area (Å²) < 4.78 is 10.0. The predicted octanol–water partition coefficient (Wildman–Crippen LogP) is 1.78. The summed E-state index contributed by atoms with van der Waals surface area (Å²) in [6.45, 7) is 3.59. The minimum Gasteiger partial charge on any atom is -0.467 e. The maximum Gasteiger partial charge on any atom is 0.336 e. The van der Waals surface area contributed by atoms with Gasteiger partial charge in [-0.25, -0.2) is 4.79 Å². The van der Waals surface area contributed by atoms with Crippen molar-refractivity contribution in [3.8, 4) is 0 Å². The van der Waals surface area contributed by atoms with E-state index in [2.05, 4.69) is 5.32 Å². The fraction of sp³-hybridized carbons (Fsp3) is 0.231. The zero-order valence-electron chi connectivity index (χ0n) is 10.1. The van der Waals surface area contributed by atoms with E-state index in [1.165, 1.54) is 6.07 Å². The van der Waals surface area contributed by atoms with E-state index in [1.54, 1.807) is 32.2 Å². The first kappa shape index (κ1) is 12.2. The summed E-state index contributed by atoms with van der Waals surface area (Å²) in [7, 11) is 0. The number of carbonyl (C=O) groups is 1. The third kappa shape index (κ3) is 2.51. The summed E-state index contributed by atoms with van der Waals surface area (Å²) in [5.74, 6) is 0.693. The second-order valence-electron chi connectivity index (χ2n) is 3.94. The first-order valence-electron chi connectivity index (χ1n) is 5.50. The van der Waals surface area contributed by atoms with Crippen molar-refractivity contribution in [3.63, 3.8) is 0 Å². The highest BCUT2D eigenvalue weighted by Crippen LogP contribution is 2.11. The molecule has 2 heterocycles. The van der Waals surface area contributed by atoms with Gasteiger partial charge in [0.25, 0.3) is 5.91 Å². The average Bonchev–Trinajstić information content (AvgIpc) is 2.77. The lowest BCUT2D eigenvalue weighted by molar-refractivity contribution is 0.0943. The van der Waals surface area contributed by atoms with Crippen LogP contribution < -0.4 is 10.9 Å². The molecule has 0 fully saturated rings. The third-order valence-electron chi connectivity index (χ3n) is 2.56. The summed E-state index contributed by atoms with van der Waals surface area (Å²) in [6, 6.07) is 4.82. The Morgan fingerprint density at radius 2 is 2.17 bits per heavy atom. The van der Waals surface area contributed by atoms with Gasteiger partial charge in [-0.3, -0.25) is 4.79 Å². The Hall–Kier alpha value is -2.30. The fourth-order valence-corrected chi connectivity index (χ4v) is 1.77. The summed E-state index contributed by atoms with van der Waals surface area (Å²) in [6.07, 6.45) is 1.54. The quantitative estimate of drug-likeness (QED) is 0.897. The van der Waals surface area contributed by atoms with Gasteiger partial charge in [0.1, 0.15) is 11.5 Å². The number of hydrogen-bond acceptors (Lipinski definition) is 4. The van der Waals surface area contributed by atoms with Crippen LogP contribution in [-0.4, -0.2) is 5.91 Å². The van der Waals surface area contributed by atoms with Crippen LogP contribution in [0.5, 0.6) is 0 Å². The molecule has 0 unspecified atom stereocenters. The van der Waals surface area contributed by atoms with Gasteiger partial charge in [-0.15, -0.1) is 0 Å². The standard InChI is InChI=1S/C13H13NO4/c1-8-6-11(15)18-9(2)12(8)13(16)14-7-10-4-3-5-17-10/h3-6H,7H2,1-2H3,(H,14,16). The molecule has 0 bridgehead atoms. The van der Waals surface area contributed by atoms with Gasteiger partial charge in [-0.05, 0) is 31.5 Å². The minimum absolute atomic E-state index is 0.287. The number of amides is 1. The van der Waals surface area contributed by atoms with Crippen LogP contribution >= 0.6 is 0 Å². The van der Waals surface area contributed by atoms with Crippen LogP contribution in [0.2, 0.25) is 0 Å². The normalized spacial score (nSPS) is 10.3. The Morgan fingerprint density at radius 1 is 1.39 bits per heavy atom. The Bertz CT molecular complexity index is 584. The van der Waals surface area contributed by atoms with Crippen LogP contribution in [0.4, 0.5) is 0 Å². The number of hydrogen-bond donors (Lipinski definition) is 1. The molecular formula is C13H13NO4. The molecule has 2 aromatic heterocycles. The zero-order valence-corrected chi connectivity index (χ0v) is 10.1. The predicted molar refractivity (Wildman–Crippen MR) is 64.3 cm³/mol. The number of furan rings is 1. The minimum atomic E-state index is -0.451. The van der Waals surface area contributed by atoms with Gasteiger partial charge in [-0.1, -0.05) is 0 Å². The molecule has 2 aromatic rings. The molecule has 0 saturated heterocycles. The van der Waals surface area contributed by atoms with Gasteiger partial charge >= 0.3 is 5.63 Å². The molecule has 1 N–H and O–H groups in total. The lowest BCUT2D eigenvalue weighted by Gasteiger charge is -2.07. The Labute approximate surface area is 103 Å². The molecule has 0 radical (unpaired) electrons. The molecule has 5 nitrogen and oxygen atoms in total. The topological polar surface area (TPSA) is 72.5 Å². The van der Waals surface area contributed by atoms with E-state index in [-0.39, 0.29) is 5.91 Å². The first-order chi connectivity index (χ1) is 8.58. The molecule has 5 heteroatoms. The van der Waals surface area contributed by atoms with Crippen LogP contribution in [0, 0.1) is 13.8 Å². The van der Waals surface area contributed by atoms with Crippen molar-refractivity contribution in [1.29, 1.82) is 0 Å². The van der Waals surface area contributed by atoms with Crippen molar-refractivity contribution in [3.05, 3.63) is 57.5 Å². The highest BCUT2D eigenvalue weighted by atomic mass is 16.4. The molecule has 0 spiro atoms. The number of rotatable bonds is 3. The summed E-state index contributed by atoms with van der Waals surface area (Å²) in [5.41, 5.74) is 0.537. The van der Waals surface area contributed by atoms with Gasteiger partial charge in [-0.2, -0.15) is 0 Å². The van der Waals surface area contributed by atoms with E-state index in [9.17, 15) is 9.59 Å². The van der Waals surface area contributed by atoms with Crippen LogP contribution in [0.25, 0.3) is 0 Å². The van der Waals surface area contributed by atoms with Crippen molar-refractivity contribution in [2.45, 2.75) is 20.4 Å². The summed E-state index contributed by atoms with van der Waals surface area (Å²) in [4.78, 5) is 23.1. The highest BCUT2D eigenvalue weighted by molar-refractivity contribution is 5.96. The zero-order chi connectivity index (χ0) is 13.1. The molecule has 0 aliphatic carbocycles. The van der Waals surface area contributed by atoms with Gasteiger partial charge in [0.15, 0.2) is 0 Å². The molecule has 0 aliphatic heterocycles. The van der Waals surface area contributed by atoms with Crippen molar-refractivity contribution in [2.75, 3.05) is 0 Å². The number of aryl methyl sites for hydroxylation is 2. The van der Waals surface area contributed by atoms with Crippen LogP contribution in [-0.2, 0) is 6.54 Å². The molecule has 0 saturated carbocycles. The monoisotopic (exact) mass is 247 g/mol. The van der Waals surface area contributed by atoms with Crippen molar-refractivity contribution in [1.82, 2.24) is 5.32 Å². The van der Waals surface area contributed by atoms with E-state index in [0.717, 1.165) is 0 Å². The first-order valence-corrected chi connectivity index (χ1v) is 5.50. The van der Waals surface area contributed by atoms with Gasteiger partial charge in [0.05, 0.1) is 18.4 Å². The smallest absolute Gasteiger partial charge is 0.336 e. The number of carbonyl (C=O) groups excluding carboxylic acids is 1. The van der Waals surface area contributed by atoms with Gasteiger partial charge in [0.2, 0.25) is 0 Å². The van der Waals surface area contributed by atoms with E-state index in [0.29, 0.717) is 29.2 Å². The Balaban J connectivity index is 2.16. The molecule has 0 aromatic carbocycles. The average molecular weight is 247 g/mol. The van der Waals surface area contributed by atoms with Crippen molar-refractivity contribution in [2.24, 2.45) is 0 Å². The van der Waals surface area contributed by atoms with Crippen molar-refractivity contribution < 1.29 is 13.6 Å². The van der Waals surface area contributed by atoms with E-state index in [4.69, 9.17) is 8.83 Å². The summed E-state index contributed by atoms with van der Waals surface area (Å²) in [5, 5.41) is 2.71. The maximum absolute atomic E-state index is 12.0. The fourth-order valence-electron chi connectivity index (χ4n) is 1.77. The second-order valence-corrected chi connectivity index (χ2v) is 3.94. The Kier molecular flexibility index (Phi) is 3.32. The largest absolute Gasteiger partial charge is 0.467 e. The van der Waals surface area contributed by atoms with Crippen LogP contribution in [0.3, 0.4) is 0 Å². The summed E-state index contributed by atoms with van der Waals surface area (Å²) >= 11 is 0. The van der Waals surface area contributed by atoms with Crippen LogP contribution in [0.15, 0.2) is 38.1 Å². The molecular weight excluding hydrogens is 234 g/mol. The highest BCUT2D eigenvalue weighted by Gasteiger charge is 2.15. The maximum atomic E-state index is 12.0. The van der Waals surface area contributed by atoms with Gasteiger partial charge < -0.3 is 14.2 Å². The molecule has 2 rings (SSSR count). The number of nitrogens with one attached hydrogen (secondary N) is 1. The second kappa shape index (κ2) is 4.91. The van der Waals surface area contributed by atoms with E-state index in [1.807, 2.05) is 0 Å².